The summed E-state index contributed by atoms with van der Waals surface area (Å²) >= 11 is 0. The number of aryl methyl sites for hydroxylation is 2. The van der Waals surface area contributed by atoms with Crippen molar-refractivity contribution >= 4 is 11.7 Å². The summed E-state index contributed by atoms with van der Waals surface area (Å²) in [5.74, 6) is 1.17. The molecule has 27 heavy (non-hydrogen) atoms. The number of nitrogens with zero attached hydrogens (tertiary/aromatic N) is 2. The summed E-state index contributed by atoms with van der Waals surface area (Å²) < 4.78 is 5.14. The fourth-order valence-electron chi connectivity index (χ4n) is 3.45. The van der Waals surface area contributed by atoms with Gasteiger partial charge in [-0.15, -0.1) is 0 Å². The zero-order chi connectivity index (χ0) is 18.6. The van der Waals surface area contributed by atoms with Crippen LogP contribution in [0.3, 0.4) is 0 Å². The van der Waals surface area contributed by atoms with Gasteiger partial charge in [-0.05, 0) is 54.7 Å². The third-order valence-electron chi connectivity index (χ3n) is 4.85. The van der Waals surface area contributed by atoms with Crippen molar-refractivity contribution in [3.63, 3.8) is 0 Å². The second-order valence-electron chi connectivity index (χ2n) is 6.68. The summed E-state index contributed by atoms with van der Waals surface area (Å²) in [6, 6.07) is 15.6. The second-order valence-corrected chi connectivity index (χ2v) is 6.68. The minimum atomic E-state index is -0.197. The van der Waals surface area contributed by atoms with Crippen molar-refractivity contribution in [1.29, 1.82) is 0 Å². The monoisotopic (exact) mass is 362 g/mol. The average molecular weight is 362 g/mol. The van der Waals surface area contributed by atoms with Gasteiger partial charge < -0.3 is 15.2 Å². The fourth-order valence-corrected chi connectivity index (χ4v) is 3.45. The third kappa shape index (κ3) is 3.84. The molecule has 1 aliphatic rings. The van der Waals surface area contributed by atoms with Gasteiger partial charge in [0.1, 0.15) is 0 Å². The Morgan fingerprint density at radius 3 is 2.78 bits per heavy atom. The van der Waals surface area contributed by atoms with Crippen molar-refractivity contribution < 1.29 is 9.32 Å². The highest BCUT2D eigenvalue weighted by Gasteiger charge is 2.21. The lowest BCUT2D eigenvalue weighted by atomic mass is 9.88. The van der Waals surface area contributed by atoms with E-state index in [1.165, 1.54) is 11.1 Å². The molecule has 0 unspecified atom stereocenters. The number of amides is 2. The predicted molar refractivity (Wildman–Crippen MR) is 103 cm³/mol. The lowest BCUT2D eigenvalue weighted by molar-refractivity contribution is 0.247. The predicted octanol–water partition coefficient (Wildman–Crippen LogP) is 4.50. The Morgan fingerprint density at radius 1 is 1.19 bits per heavy atom. The summed E-state index contributed by atoms with van der Waals surface area (Å²) in [6.07, 6.45) is 3.83. The molecule has 1 aromatic heterocycles. The molecule has 0 fully saturated rings. The lowest BCUT2D eigenvalue weighted by Gasteiger charge is -2.26. The number of anilines is 1. The Labute approximate surface area is 158 Å². The Morgan fingerprint density at radius 2 is 2.00 bits per heavy atom. The molecule has 0 spiro atoms. The van der Waals surface area contributed by atoms with E-state index in [0.717, 1.165) is 30.5 Å². The molecule has 1 atom stereocenters. The van der Waals surface area contributed by atoms with Gasteiger partial charge in [-0.2, -0.15) is 4.98 Å². The number of nitrogens with one attached hydrogen (secondary N) is 2. The van der Waals surface area contributed by atoms with E-state index in [1.807, 2.05) is 37.3 Å². The van der Waals surface area contributed by atoms with Crippen LogP contribution in [0, 0.1) is 0 Å². The van der Waals surface area contributed by atoms with Gasteiger partial charge in [0.15, 0.2) is 0 Å². The van der Waals surface area contributed by atoms with E-state index in [-0.39, 0.29) is 12.1 Å². The van der Waals surface area contributed by atoms with E-state index in [0.29, 0.717) is 18.1 Å². The van der Waals surface area contributed by atoms with E-state index in [2.05, 4.69) is 39.0 Å². The summed E-state index contributed by atoms with van der Waals surface area (Å²) in [5.41, 5.74) is 4.12. The second kappa shape index (κ2) is 7.61. The normalized spacial score (nSPS) is 15.8. The molecule has 3 aromatic rings. The van der Waals surface area contributed by atoms with Gasteiger partial charge in [0.25, 0.3) is 0 Å². The number of urea groups is 1. The quantitative estimate of drug-likeness (QED) is 0.716. The molecule has 0 aliphatic heterocycles. The molecule has 0 saturated carbocycles. The van der Waals surface area contributed by atoms with Crippen LogP contribution < -0.4 is 10.6 Å². The molecule has 2 N–H and O–H groups in total. The number of aromatic nitrogens is 2. The van der Waals surface area contributed by atoms with Crippen molar-refractivity contribution in [2.24, 2.45) is 0 Å². The van der Waals surface area contributed by atoms with E-state index in [9.17, 15) is 4.79 Å². The molecule has 2 amide bonds. The molecule has 4 rings (SSSR count). The minimum Gasteiger partial charge on any atom is -0.339 e. The van der Waals surface area contributed by atoms with Crippen LogP contribution in [0.4, 0.5) is 10.5 Å². The molecule has 1 aliphatic carbocycles. The van der Waals surface area contributed by atoms with E-state index < -0.39 is 0 Å². The molecule has 6 nitrogen and oxygen atoms in total. The number of carbonyl (C=O) groups is 1. The van der Waals surface area contributed by atoms with Crippen molar-refractivity contribution in [2.45, 2.75) is 38.6 Å². The van der Waals surface area contributed by atoms with Crippen LogP contribution in [0.5, 0.6) is 0 Å². The molecule has 138 valence electrons. The largest absolute Gasteiger partial charge is 0.339 e. The average Bonchev–Trinajstić information content (AvgIpc) is 3.18. The SMILES string of the molecule is CCc1nc(-c2ccc(NC(=O)N[C@@H]3CCCc4ccccc43)cc2)no1. The number of hydrogen-bond acceptors (Lipinski definition) is 4. The molecule has 0 saturated heterocycles. The van der Waals surface area contributed by atoms with Crippen LogP contribution in [0.2, 0.25) is 0 Å². The van der Waals surface area contributed by atoms with Crippen LogP contribution in [0.1, 0.15) is 42.8 Å². The highest BCUT2D eigenvalue weighted by atomic mass is 16.5. The van der Waals surface area contributed by atoms with Crippen molar-refractivity contribution in [1.82, 2.24) is 15.5 Å². The van der Waals surface area contributed by atoms with Gasteiger partial charge in [0, 0.05) is 17.7 Å². The zero-order valence-corrected chi connectivity index (χ0v) is 15.2. The van der Waals surface area contributed by atoms with Crippen LogP contribution in [0.25, 0.3) is 11.4 Å². The van der Waals surface area contributed by atoms with Crippen molar-refractivity contribution in [3.05, 3.63) is 65.5 Å². The van der Waals surface area contributed by atoms with Gasteiger partial charge in [-0.3, -0.25) is 0 Å². The summed E-state index contributed by atoms with van der Waals surface area (Å²) in [4.78, 5) is 16.7. The van der Waals surface area contributed by atoms with Gasteiger partial charge in [-0.25, -0.2) is 4.79 Å². The maximum Gasteiger partial charge on any atom is 0.319 e. The molecular formula is C21H22N4O2. The number of hydrogen-bond donors (Lipinski definition) is 2. The smallest absolute Gasteiger partial charge is 0.319 e. The van der Waals surface area contributed by atoms with E-state index in [1.54, 1.807) is 0 Å². The van der Waals surface area contributed by atoms with Crippen LogP contribution in [-0.2, 0) is 12.8 Å². The first kappa shape index (κ1) is 17.3. The standard InChI is InChI=1S/C21H22N4O2/c1-2-19-24-20(25-27-19)15-10-12-16(13-11-15)22-21(26)23-18-9-5-7-14-6-3-4-8-17(14)18/h3-4,6,8,10-13,18H,2,5,7,9H2,1H3,(H2,22,23,26)/t18-/m1/s1. The Hall–Kier alpha value is -3.15. The molecule has 2 aromatic carbocycles. The van der Waals surface area contributed by atoms with Gasteiger partial charge in [0.2, 0.25) is 11.7 Å². The molecule has 6 heteroatoms. The van der Waals surface area contributed by atoms with Crippen molar-refractivity contribution in [3.8, 4) is 11.4 Å². The van der Waals surface area contributed by atoms with E-state index in [4.69, 9.17) is 4.52 Å². The highest BCUT2D eigenvalue weighted by Crippen LogP contribution is 2.29. The lowest BCUT2D eigenvalue weighted by Crippen LogP contribution is -2.34. The summed E-state index contributed by atoms with van der Waals surface area (Å²) in [6.45, 7) is 1.97. The third-order valence-corrected chi connectivity index (χ3v) is 4.85. The Bertz CT molecular complexity index is 933. The first-order valence-electron chi connectivity index (χ1n) is 9.31. The Balaban J connectivity index is 1.40. The van der Waals surface area contributed by atoms with Crippen LogP contribution in [0.15, 0.2) is 53.1 Å². The Kier molecular flexibility index (Phi) is 4.87. The van der Waals surface area contributed by atoms with Gasteiger partial charge in [-0.1, -0.05) is 36.3 Å². The summed E-state index contributed by atoms with van der Waals surface area (Å²) in [7, 11) is 0. The van der Waals surface area contributed by atoms with Crippen LogP contribution >= 0.6 is 0 Å². The molecule has 0 bridgehead atoms. The van der Waals surface area contributed by atoms with Gasteiger partial charge in [0.05, 0.1) is 6.04 Å². The van der Waals surface area contributed by atoms with Gasteiger partial charge >= 0.3 is 6.03 Å². The number of rotatable bonds is 4. The number of fused-ring (bicyclic) bond motifs is 1. The maximum atomic E-state index is 12.4. The summed E-state index contributed by atoms with van der Waals surface area (Å²) in [5, 5.41) is 9.95. The molecule has 1 heterocycles. The van der Waals surface area contributed by atoms with Crippen LogP contribution in [-0.4, -0.2) is 16.2 Å². The fraction of sp³-hybridized carbons (Fsp3) is 0.286. The number of benzene rings is 2. The molecule has 0 radical (unpaired) electrons. The minimum absolute atomic E-state index is 0.0565. The first-order chi connectivity index (χ1) is 13.2. The van der Waals surface area contributed by atoms with Crippen molar-refractivity contribution in [2.75, 3.05) is 5.32 Å². The maximum absolute atomic E-state index is 12.4. The van der Waals surface area contributed by atoms with E-state index >= 15 is 0 Å². The first-order valence-corrected chi connectivity index (χ1v) is 9.31. The number of carbonyl (C=O) groups excluding carboxylic acids is 1. The zero-order valence-electron chi connectivity index (χ0n) is 15.2. The highest BCUT2D eigenvalue weighted by molar-refractivity contribution is 5.89. The topological polar surface area (TPSA) is 80.0 Å². The molecular weight excluding hydrogens is 340 g/mol.